The zero-order chi connectivity index (χ0) is 18.1. The number of amides is 1. The van der Waals surface area contributed by atoms with Crippen molar-refractivity contribution in [3.63, 3.8) is 0 Å². The molecule has 0 radical (unpaired) electrons. The van der Waals surface area contributed by atoms with E-state index in [9.17, 15) is 13.6 Å². The fourth-order valence-electron chi connectivity index (χ4n) is 3.47. The summed E-state index contributed by atoms with van der Waals surface area (Å²) < 4.78 is 27.0. The molecule has 0 N–H and O–H groups in total. The van der Waals surface area contributed by atoms with Gasteiger partial charge in [-0.05, 0) is 53.4 Å². The van der Waals surface area contributed by atoms with Gasteiger partial charge in [-0.3, -0.25) is 4.79 Å². The summed E-state index contributed by atoms with van der Waals surface area (Å²) in [5, 5.41) is 0. The quantitative estimate of drug-likeness (QED) is 0.660. The molecular weight excluding hydrogens is 332 g/mol. The molecule has 4 rings (SSSR count). The van der Waals surface area contributed by atoms with Gasteiger partial charge in [-0.1, -0.05) is 42.5 Å². The molecule has 1 heterocycles. The van der Waals surface area contributed by atoms with Crippen LogP contribution in [-0.2, 0) is 17.8 Å². The van der Waals surface area contributed by atoms with Gasteiger partial charge < -0.3 is 4.90 Å². The van der Waals surface area contributed by atoms with E-state index in [-0.39, 0.29) is 17.5 Å². The molecule has 0 saturated carbocycles. The largest absolute Gasteiger partial charge is 0.307 e. The molecule has 0 fully saturated rings. The van der Waals surface area contributed by atoms with Gasteiger partial charge >= 0.3 is 0 Å². The Morgan fingerprint density at radius 3 is 2.23 bits per heavy atom. The van der Waals surface area contributed by atoms with Crippen LogP contribution in [0.4, 0.5) is 14.5 Å². The number of anilines is 1. The van der Waals surface area contributed by atoms with Crippen LogP contribution in [0.5, 0.6) is 0 Å². The van der Waals surface area contributed by atoms with Crippen LogP contribution in [-0.4, -0.2) is 5.91 Å². The van der Waals surface area contributed by atoms with E-state index in [1.54, 1.807) is 23.1 Å². The van der Waals surface area contributed by atoms with Gasteiger partial charge in [0, 0.05) is 5.69 Å². The predicted octanol–water partition coefficient (Wildman–Crippen LogP) is 4.84. The van der Waals surface area contributed by atoms with Crippen molar-refractivity contribution in [2.24, 2.45) is 0 Å². The molecule has 3 aromatic carbocycles. The minimum atomic E-state index is -0.413. The Balaban J connectivity index is 1.68. The molecule has 0 bridgehead atoms. The summed E-state index contributed by atoms with van der Waals surface area (Å²) in [6.45, 7) is 0.336. The van der Waals surface area contributed by atoms with Crippen LogP contribution < -0.4 is 4.90 Å². The number of nitrogens with zero attached hydrogens (tertiary/aromatic N) is 1. The SMILES string of the molecule is O=C1C(Cc2ccccc2)c2cc(F)ccc2N1Cc1ccc(F)cc1. The fraction of sp³-hybridized carbons (Fsp3) is 0.136. The van der Waals surface area contributed by atoms with Gasteiger partial charge in [-0.2, -0.15) is 0 Å². The minimum absolute atomic E-state index is 0.0567. The Labute approximate surface area is 150 Å². The lowest BCUT2D eigenvalue weighted by Crippen LogP contribution is -2.29. The summed E-state index contributed by atoms with van der Waals surface area (Å²) in [7, 11) is 0. The molecule has 0 aromatic heterocycles. The summed E-state index contributed by atoms with van der Waals surface area (Å²) in [5.41, 5.74) is 3.29. The van der Waals surface area contributed by atoms with E-state index < -0.39 is 5.92 Å². The molecule has 4 heteroatoms. The predicted molar refractivity (Wildman–Crippen MR) is 96.9 cm³/mol. The Morgan fingerprint density at radius 1 is 0.808 bits per heavy atom. The minimum Gasteiger partial charge on any atom is -0.307 e. The average Bonchev–Trinajstić information content (AvgIpc) is 2.89. The molecule has 1 atom stereocenters. The van der Waals surface area contributed by atoms with Crippen LogP contribution in [0, 0.1) is 11.6 Å². The first kappa shape index (κ1) is 16.5. The number of carbonyl (C=O) groups is 1. The lowest BCUT2D eigenvalue weighted by molar-refractivity contribution is -0.119. The Morgan fingerprint density at radius 2 is 1.50 bits per heavy atom. The molecule has 26 heavy (non-hydrogen) atoms. The van der Waals surface area contributed by atoms with Gasteiger partial charge in [0.05, 0.1) is 12.5 Å². The van der Waals surface area contributed by atoms with Crippen molar-refractivity contribution in [2.75, 3.05) is 4.90 Å². The van der Waals surface area contributed by atoms with Crippen LogP contribution in [0.1, 0.15) is 22.6 Å². The number of rotatable bonds is 4. The highest BCUT2D eigenvalue weighted by Crippen LogP contribution is 2.40. The van der Waals surface area contributed by atoms with Crippen LogP contribution in [0.25, 0.3) is 0 Å². The Hall–Kier alpha value is -3.01. The van der Waals surface area contributed by atoms with Gasteiger partial charge in [0.2, 0.25) is 5.91 Å². The van der Waals surface area contributed by atoms with Crippen molar-refractivity contribution in [3.05, 3.63) is 101 Å². The first-order valence-electron chi connectivity index (χ1n) is 8.51. The second kappa shape index (κ2) is 6.71. The molecule has 1 unspecified atom stereocenters. The van der Waals surface area contributed by atoms with Crippen molar-refractivity contribution < 1.29 is 13.6 Å². The Bertz CT molecular complexity index is 938. The van der Waals surface area contributed by atoms with E-state index in [1.807, 2.05) is 30.3 Å². The van der Waals surface area contributed by atoms with Gasteiger partial charge in [0.15, 0.2) is 0 Å². The number of fused-ring (bicyclic) bond motifs is 1. The zero-order valence-corrected chi connectivity index (χ0v) is 14.0. The first-order valence-corrected chi connectivity index (χ1v) is 8.51. The monoisotopic (exact) mass is 349 g/mol. The Kier molecular flexibility index (Phi) is 4.25. The smallest absolute Gasteiger partial charge is 0.235 e. The number of benzene rings is 3. The van der Waals surface area contributed by atoms with E-state index in [1.165, 1.54) is 24.3 Å². The maximum atomic E-state index is 13.8. The van der Waals surface area contributed by atoms with E-state index in [0.29, 0.717) is 18.5 Å². The third kappa shape index (κ3) is 3.10. The molecule has 1 aliphatic rings. The molecule has 0 saturated heterocycles. The van der Waals surface area contributed by atoms with Gasteiger partial charge in [-0.15, -0.1) is 0 Å². The van der Waals surface area contributed by atoms with E-state index in [2.05, 4.69) is 0 Å². The maximum absolute atomic E-state index is 13.8. The number of carbonyl (C=O) groups excluding carboxylic acids is 1. The highest BCUT2D eigenvalue weighted by molar-refractivity contribution is 6.05. The van der Waals surface area contributed by atoms with Crippen molar-refractivity contribution in [1.29, 1.82) is 0 Å². The molecule has 2 nitrogen and oxygen atoms in total. The van der Waals surface area contributed by atoms with E-state index in [4.69, 9.17) is 0 Å². The van der Waals surface area contributed by atoms with Crippen molar-refractivity contribution in [1.82, 2.24) is 0 Å². The average molecular weight is 349 g/mol. The van der Waals surface area contributed by atoms with Crippen LogP contribution in [0.3, 0.4) is 0 Å². The third-order valence-electron chi connectivity index (χ3n) is 4.76. The van der Waals surface area contributed by atoms with Gasteiger partial charge in [0.1, 0.15) is 11.6 Å². The van der Waals surface area contributed by atoms with Crippen LogP contribution in [0.15, 0.2) is 72.8 Å². The zero-order valence-electron chi connectivity index (χ0n) is 14.0. The lowest BCUT2D eigenvalue weighted by atomic mass is 9.93. The van der Waals surface area contributed by atoms with Crippen LogP contribution in [0.2, 0.25) is 0 Å². The fourth-order valence-corrected chi connectivity index (χ4v) is 3.47. The molecule has 130 valence electrons. The van der Waals surface area contributed by atoms with Crippen molar-refractivity contribution in [2.45, 2.75) is 18.9 Å². The summed E-state index contributed by atoms with van der Waals surface area (Å²) in [4.78, 5) is 14.7. The molecule has 1 amide bonds. The van der Waals surface area contributed by atoms with Crippen molar-refractivity contribution >= 4 is 11.6 Å². The second-order valence-corrected chi connectivity index (χ2v) is 6.50. The van der Waals surface area contributed by atoms with Gasteiger partial charge in [-0.25, -0.2) is 8.78 Å². The highest BCUT2D eigenvalue weighted by Gasteiger charge is 2.37. The number of hydrogen-bond donors (Lipinski definition) is 0. The summed E-state index contributed by atoms with van der Waals surface area (Å²) in [6, 6.07) is 20.3. The molecule has 0 spiro atoms. The molecule has 1 aliphatic heterocycles. The molecule has 3 aromatic rings. The first-order chi connectivity index (χ1) is 12.6. The van der Waals surface area contributed by atoms with E-state index >= 15 is 0 Å². The molecular formula is C22H17F2NO. The summed E-state index contributed by atoms with van der Waals surface area (Å²) >= 11 is 0. The number of hydrogen-bond acceptors (Lipinski definition) is 1. The van der Waals surface area contributed by atoms with E-state index in [0.717, 1.165) is 16.8 Å². The van der Waals surface area contributed by atoms with Crippen molar-refractivity contribution in [3.8, 4) is 0 Å². The summed E-state index contributed by atoms with van der Waals surface area (Å²) in [5.74, 6) is -1.13. The number of halogens is 2. The normalized spacial score (nSPS) is 16.0. The third-order valence-corrected chi connectivity index (χ3v) is 4.76. The highest BCUT2D eigenvalue weighted by atomic mass is 19.1. The summed E-state index contributed by atoms with van der Waals surface area (Å²) in [6.07, 6.45) is 0.524. The maximum Gasteiger partial charge on any atom is 0.235 e. The lowest BCUT2D eigenvalue weighted by Gasteiger charge is -2.18. The topological polar surface area (TPSA) is 20.3 Å². The molecule has 0 aliphatic carbocycles. The standard InChI is InChI=1S/C22H17F2NO/c23-17-8-6-16(7-9-17)14-25-21-11-10-18(24)13-19(21)20(22(25)26)12-15-4-2-1-3-5-15/h1-11,13,20H,12,14H2. The van der Waals surface area contributed by atoms with Crippen LogP contribution >= 0.6 is 0 Å². The van der Waals surface area contributed by atoms with Gasteiger partial charge in [0.25, 0.3) is 0 Å². The second-order valence-electron chi connectivity index (χ2n) is 6.50.